The van der Waals surface area contributed by atoms with Crippen LogP contribution < -0.4 is 0 Å². The number of pyridine rings is 1. The van der Waals surface area contributed by atoms with Crippen LogP contribution in [0, 0.1) is 5.82 Å². The minimum absolute atomic E-state index is 0.137. The third-order valence-electron chi connectivity index (χ3n) is 6.83. The molecular weight excluding hydrogens is 485 g/mol. The van der Waals surface area contributed by atoms with E-state index < -0.39 is 5.54 Å². The minimum atomic E-state index is -0.654. The summed E-state index contributed by atoms with van der Waals surface area (Å²) < 4.78 is 19.7. The predicted octanol–water partition coefficient (Wildman–Crippen LogP) is 5.10. The second-order valence-corrected chi connectivity index (χ2v) is 11.2. The molecule has 0 bridgehead atoms. The quantitative estimate of drug-likeness (QED) is 0.377. The number of halogens is 1. The average Bonchev–Trinajstić information content (AvgIpc) is 3.31. The molecule has 2 amide bonds. The van der Waals surface area contributed by atoms with Gasteiger partial charge in [-0.1, -0.05) is 20.8 Å². The van der Waals surface area contributed by atoms with E-state index in [2.05, 4.69) is 30.7 Å². The largest absolute Gasteiger partial charge is 0.449 e. The Morgan fingerprint density at radius 3 is 2.32 bits per heavy atom. The first-order valence-corrected chi connectivity index (χ1v) is 12.5. The summed E-state index contributed by atoms with van der Waals surface area (Å²) in [6.45, 7) is 11.1. The molecule has 0 spiro atoms. The lowest BCUT2D eigenvalue weighted by molar-refractivity contribution is 0.0146. The number of hydrogen-bond acceptors (Lipinski definition) is 6. The molecule has 0 saturated carbocycles. The van der Waals surface area contributed by atoms with Crippen LogP contribution in [0.1, 0.15) is 61.4 Å². The molecule has 8 nitrogen and oxygen atoms in total. The highest BCUT2D eigenvalue weighted by Crippen LogP contribution is 2.35. The normalized spacial score (nSPS) is 15.6. The molecule has 0 atom stereocenters. The number of carbonyl (C=O) groups excluding carboxylic acids is 2. The molecular formula is C29H30FN5O3. The van der Waals surface area contributed by atoms with Gasteiger partial charge in [-0.2, -0.15) is 0 Å². The average molecular weight is 516 g/mol. The molecule has 3 aromatic heterocycles. The van der Waals surface area contributed by atoms with Crippen molar-refractivity contribution in [2.75, 3.05) is 19.6 Å². The highest BCUT2D eigenvalue weighted by Gasteiger charge is 2.40. The molecule has 0 N–H and O–H groups in total. The Morgan fingerprint density at radius 1 is 1.00 bits per heavy atom. The fourth-order valence-electron chi connectivity index (χ4n) is 4.84. The molecule has 196 valence electrons. The number of aromatic nitrogens is 3. The first-order valence-electron chi connectivity index (χ1n) is 12.5. The Kier molecular flexibility index (Phi) is 6.25. The predicted molar refractivity (Wildman–Crippen MR) is 141 cm³/mol. The number of amides is 2. The summed E-state index contributed by atoms with van der Waals surface area (Å²) in [7, 11) is 0. The summed E-state index contributed by atoms with van der Waals surface area (Å²) in [6.07, 6.45) is 3.07. The minimum Gasteiger partial charge on any atom is -0.449 e. The molecule has 5 rings (SSSR count). The maximum atomic E-state index is 13.7. The van der Waals surface area contributed by atoms with Crippen molar-refractivity contribution >= 4 is 22.9 Å². The van der Waals surface area contributed by atoms with Gasteiger partial charge in [-0.25, -0.2) is 19.3 Å². The summed E-state index contributed by atoms with van der Waals surface area (Å²) >= 11 is 0. The Labute approximate surface area is 220 Å². The van der Waals surface area contributed by atoms with Gasteiger partial charge in [-0.05, 0) is 55.7 Å². The van der Waals surface area contributed by atoms with Crippen molar-refractivity contribution in [1.29, 1.82) is 0 Å². The summed E-state index contributed by atoms with van der Waals surface area (Å²) in [5.74, 6) is -0.518. The lowest BCUT2D eigenvalue weighted by atomic mass is 9.86. The Bertz CT molecular complexity index is 1510. The van der Waals surface area contributed by atoms with Gasteiger partial charge in [0, 0.05) is 49.2 Å². The van der Waals surface area contributed by atoms with E-state index >= 15 is 0 Å². The van der Waals surface area contributed by atoms with Gasteiger partial charge in [-0.3, -0.25) is 9.59 Å². The second-order valence-electron chi connectivity index (χ2n) is 11.2. The van der Waals surface area contributed by atoms with Crippen LogP contribution in [-0.4, -0.2) is 61.7 Å². The first kappa shape index (κ1) is 25.5. The van der Waals surface area contributed by atoms with Crippen molar-refractivity contribution < 1.29 is 18.4 Å². The molecule has 0 unspecified atom stereocenters. The molecule has 1 fully saturated rings. The van der Waals surface area contributed by atoms with Crippen molar-refractivity contribution in [3.63, 3.8) is 0 Å². The summed E-state index contributed by atoms with van der Waals surface area (Å²) in [6, 6.07) is 11.4. The summed E-state index contributed by atoms with van der Waals surface area (Å²) in [4.78, 5) is 42.9. The lowest BCUT2D eigenvalue weighted by Gasteiger charge is -2.46. The number of carbonyl (C=O) groups is 2. The Hall–Kier alpha value is -4.14. The van der Waals surface area contributed by atoms with Crippen LogP contribution >= 0.6 is 0 Å². The van der Waals surface area contributed by atoms with Gasteiger partial charge >= 0.3 is 0 Å². The van der Waals surface area contributed by atoms with E-state index in [0.29, 0.717) is 36.4 Å². The maximum Gasteiger partial charge on any atom is 0.291 e. The highest BCUT2D eigenvalue weighted by atomic mass is 19.1. The van der Waals surface area contributed by atoms with Crippen molar-refractivity contribution in [3.05, 3.63) is 77.8 Å². The summed E-state index contributed by atoms with van der Waals surface area (Å²) in [5, 5.41) is 0. The zero-order chi connectivity index (χ0) is 27.2. The fraction of sp³-hybridized carbons (Fsp3) is 0.345. The van der Waals surface area contributed by atoms with Crippen LogP contribution in [0.15, 0.2) is 59.3 Å². The molecule has 38 heavy (non-hydrogen) atoms. The van der Waals surface area contributed by atoms with E-state index in [4.69, 9.17) is 9.40 Å². The standard InChI is InChI=1S/C29H30FN5O3/c1-28(2,3)20-15-21(18-7-9-19(30)10-8-18)33-22-16-23(38-24(20)22)26(36)35-14-13-34(17-29(35,4)5)27(37)25-31-11-6-12-32-25/h6-12,15-16H,13-14,17H2,1-5H3. The molecule has 0 aliphatic carbocycles. The highest BCUT2D eigenvalue weighted by molar-refractivity contribution is 5.97. The maximum absolute atomic E-state index is 13.7. The monoisotopic (exact) mass is 515 g/mol. The van der Waals surface area contributed by atoms with Gasteiger partial charge in [-0.15, -0.1) is 0 Å². The van der Waals surface area contributed by atoms with Gasteiger partial charge in [0.05, 0.1) is 11.2 Å². The van der Waals surface area contributed by atoms with Crippen molar-refractivity contribution in [1.82, 2.24) is 24.8 Å². The topological polar surface area (TPSA) is 92.4 Å². The van der Waals surface area contributed by atoms with Gasteiger partial charge in [0.2, 0.25) is 5.82 Å². The number of furan rings is 1. The molecule has 4 aromatic rings. The van der Waals surface area contributed by atoms with Crippen LogP contribution in [0.5, 0.6) is 0 Å². The third kappa shape index (κ3) is 4.76. The van der Waals surface area contributed by atoms with Crippen molar-refractivity contribution in [3.8, 4) is 11.3 Å². The molecule has 4 heterocycles. The molecule has 1 aromatic carbocycles. The molecule has 1 aliphatic heterocycles. The smallest absolute Gasteiger partial charge is 0.291 e. The van der Waals surface area contributed by atoms with Crippen LogP contribution in [-0.2, 0) is 5.41 Å². The van der Waals surface area contributed by atoms with E-state index in [0.717, 1.165) is 11.1 Å². The summed E-state index contributed by atoms with van der Waals surface area (Å²) in [5.41, 5.74) is 2.53. The van der Waals surface area contributed by atoms with Crippen LogP contribution in [0.3, 0.4) is 0 Å². The zero-order valence-corrected chi connectivity index (χ0v) is 22.2. The Morgan fingerprint density at radius 2 is 1.68 bits per heavy atom. The molecule has 0 radical (unpaired) electrons. The van der Waals surface area contributed by atoms with E-state index in [9.17, 15) is 14.0 Å². The van der Waals surface area contributed by atoms with Gasteiger partial charge in [0.25, 0.3) is 11.8 Å². The van der Waals surface area contributed by atoms with Crippen LogP contribution in [0.2, 0.25) is 0 Å². The number of fused-ring (bicyclic) bond motifs is 1. The van der Waals surface area contributed by atoms with E-state index in [1.807, 2.05) is 19.9 Å². The van der Waals surface area contributed by atoms with Crippen molar-refractivity contribution in [2.24, 2.45) is 0 Å². The van der Waals surface area contributed by atoms with Crippen LogP contribution in [0.4, 0.5) is 4.39 Å². The molecule has 9 heteroatoms. The lowest BCUT2D eigenvalue weighted by Crippen LogP contribution is -2.62. The zero-order valence-electron chi connectivity index (χ0n) is 22.2. The third-order valence-corrected chi connectivity index (χ3v) is 6.83. The van der Waals surface area contributed by atoms with Crippen LogP contribution in [0.25, 0.3) is 22.4 Å². The Balaban J connectivity index is 1.46. The first-order chi connectivity index (χ1) is 17.9. The number of benzene rings is 1. The second kappa shape index (κ2) is 9.31. The van der Waals surface area contributed by atoms with E-state index in [-0.39, 0.29) is 34.6 Å². The number of rotatable bonds is 3. The fourth-order valence-corrected chi connectivity index (χ4v) is 4.84. The molecule has 1 aliphatic rings. The van der Waals surface area contributed by atoms with Gasteiger partial charge in [0.1, 0.15) is 11.3 Å². The van der Waals surface area contributed by atoms with Crippen molar-refractivity contribution in [2.45, 2.75) is 45.6 Å². The number of hydrogen-bond donors (Lipinski definition) is 0. The number of nitrogens with zero attached hydrogens (tertiary/aromatic N) is 5. The number of piperazine rings is 1. The van der Waals surface area contributed by atoms with Gasteiger partial charge in [0.15, 0.2) is 11.3 Å². The molecule has 1 saturated heterocycles. The van der Waals surface area contributed by atoms with E-state index in [1.54, 1.807) is 34.1 Å². The SMILES string of the molecule is CC(C)(C)c1cc(-c2ccc(F)cc2)nc2cc(C(=O)N3CCN(C(=O)c4ncccn4)CC3(C)C)oc12. The van der Waals surface area contributed by atoms with E-state index in [1.165, 1.54) is 24.5 Å². The van der Waals surface area contributed by atoms with Gasteiger partial charge < -0.3 is 14.2 Å².